The number of aromatic nitrogens is 4. The molecule has 0 spiro atoms. The Bertz CT molecular complexity index is 1290. The van der Waals surface area contributed by atoms with Crippen molar-refractivity contribution in [2.45, 2.75) is 23.9 Å². The molecule has 4 rings (SSSR count). The minimum atomic E-state index is -3.36. The molecule has 158 valence electrons. The smallest absolute Gasteiger partial charge is 0.196 e. The van der Waals surface area contributed by atoms with Gasteiger partial charge in [0.15, 0.2) is 20.8 Å². The Morgan fingerprint density at radius 1 is 0.935 bits per heavy atom. The summed E-state index contributed by atoms with van der Waals surface area (Å²) in [4.78, 5) is 4.76. The van der Waals surface area contributed by atoms with E-state index < -0.39 is 9.84 Å². The average molecular weight is 451 g/mol. The van der Waals surface area contributed by atoms with E-state index in [1.165, 1.54) is 11.8 Å². The number of thioether (sulfide) groups is 1. The number of hydrogen-bond acceptors (Lipinski definition) is 6. The van der Waals surface area contributed by atoms with Gasteiger partial charge in [0.05, 0.1) is 16.3 Å². The van der Waals surface area contributed by atoms with Gasteiger partial charge in [0, 0.05) is 11.9 Å². The second-order valence-corrected chi connectivity index (χ2v) is 10.3. The largest absolute Gasteiger partial charge is 0.268 e. The Morgan fingerprint density at radius 2 is 1.71 bits per heavy atom. The fourth-order valence-electron chi connectivity index (χ4n) is 3.29. The quantitative estimate of drug-likeness (QED) is 0.386. The third-order valence-electron chi connectivity index (χ3n) is 4.81. The van der Waals surface area contributed by atoms with E-state index in [0.717, 1.165) is 16.8 Å². The molecular formula is C23H22N4O2S2. The fraction of sp³-hybridized carbons (Fsp3) is 0.174. The van der Waals surface area contributed by atoms with Crippen LogP contribution in [0.5, 0.6) is 0 Å². The van der Waals surface area contributed by atoms with Crippen molar-refractivity contribution in [1.82, 2.24) is 19.7 Å². The zero-order valence-electron chi connectivity index (χ0n) is 17.3. The van der Waals surface area contributed by atoms with Gasteiger partial charge < -0.3 is 0 Å². The lowest BCUT2D eigenvalue weighted by Crippen LogP contribution is -2.09. The molecule has 0 unspecified atom stereocenters. The summed E-state index contributed by atoms with van der Waals surface area (Å²) in [6.07, 6.45) is 1.72. The van der Waals surface area contributed by atoms with Crippen LogP contribution in [-0.4, -0.2) is 39.7 Å². The van der Waals surface area contributed by atoms with Crippen molar-refractivity contribution in [3.63, 3.8) is 0 Å². The van der Waals surface area contributed by atoms with Crippen LogP contribution < -0.4 is 0 Å². The molecule has 0 saturated carbocycles. The van der Waals surface area contributed by atoms with Crippen molar-refractivity contribution >= 4 is 21.6 Å². The molecule has 0 N–H and O–H groups in total. The second kappa shape index (κ2) is 9.03. The maximum atomic E-state index is 12.6. The number of hydrogen-bond donors (Lipinski definition) is 0. The van der Waals surface area contributed by atoms with Crippen LogP contribution in [0, 0.1) is 13.8 Å². The van der Waals surface area contributed by atoms with E-state index in [9.17, 15) is 8.42 Å². The van der Waals surface area contributed by atoms with Crippen LogP contribution in [0.25, 0.3) is 17.2 Å². The predicted molar refractivity (Wildman–Crippen MR) is 123 cm³/mol. The van der Waals surface area contributed by atoms with E-state index in [0.29, 0.717) is 27.3 Å². The summed E-state index contributed by atoms with van der Waals surface area (Å²) >= 11 is 1.37. The molecule has 0 aliphatic heterocycles. The van der Waals surface area contributed by atoms with Crippen molar-refractivity contribution in [3.8, 4) is 17.2 Å². The monoisotopic (exact) mass is 450 g/mol. The van der Waals surface area contributed by atoms with Gasteiger partial charge in [-0.05, 0) is 49.7 Å². The highest BCUT2D eigenvalue weighted by Gasteiger charge is 2.20. The summed E-state index contributed by atoms with van der Waals surface area (Å²) in [5.74, 6) is 1.00. The lowest BCUT2D eigenvalue weighted by Gasteiger charge is -2.13. The minimum absolute atomic E-state index is 0.0142. The lowest BCUT2D eigenvalue weighted by molar-refractivity contribution is 0.597. The lowest BCUT2D eigenvalue weighted by atomic mass is 10.1. The van der Waals surface area contributed by atoms with E-state index in [2.05, 4.69) is 21.2 Å². The first kappa shape index (κ1) is 21.3. The molecule has 0 aliphatic rings. The summed E-state index contributed by atoms with van der Waals surface area (Å²) in [7, 11) is -3.36. The van der Waals surface area contributed by atoms with Crippen molar-refractivity contribution in [2.75, 3.05) is 11.5 Å². The van der Waals surface area contributed by atoms with E-state index >= 15 is 0 Å². The molecule has 0 amide bonds. The Morgan fingerprint density at radius 3 is 2.42 bits per heavy atom. The summed E-state index contributed by atoms with van der Waals surface area (Å²) < 4.78 is 27.2. The topological polar surface area (TPSA) is 77.7 Å². The fourth-order valence-corrected chi connectivity index (χ4v) is 5.90. The van der Waals surface area contributed by atoms with Crippen molar-refractivity contribution in [1.29, 1.82) is 0 Å². The molecule has 8 heteroatoms. The van der Waals surface area contributed by atoms with E-state index in [4.69, 9.17) is 0 Å². The van der Waals surface area contributed by atoms with E-state index in [1.54, 1.807) is 36.5 Å². The number of pyridine rings is 1. The summed E-state index contributed by atoms with van der Waals surface area (Å²) in [5.41, 5.74) is 3.90. The molecule has 31 heavy (non-hydrogen) atoms. The molecule has 0 aliphatic carbocycles. The van der Waals surface area contributed by atoms with E-state index in [1.807, 2.05) is 48.7 Å². The first-order valence-electron chi connectivity index (χ1n) is 9.81. The number of nitrogens with zero attached hydrogens (tertiary/aromatic N) is 4. The first-order valence-corrected chi connectivity index (χ1v) is 12.4. The number of aryl methyl sites for hydroxylation is 2. The molecule has 0 saturated heterocycles. The van der Waals surface area contributed by atoms with Gasteiger partial charge in [-0.3, -0.25) is 9.55 Å². The third kappa shape index (κ3) is 4.70. The van der Waals surface area contributed by atoms with Crippen LogP contribution in [0.15, 0.2) is 83.0 Å². The molecular weight excluding hydrogens is 428 g/mol. The standard InChI is InChI=1S/C23H22N4O2S2/c1-17-11-12-21(18(2)16-17)27-22(20-10-6-7-13-24-20)25-26-23(27)30-14-15-31(28,29)19-8-4-3-5-9-19/h3-13,16H,14-15H2,1-2H3. The van der Waals surface area contributed by atoms with Gasteiger partial charge in [-0.15, -0.1) is 10.2 Å². The predicted octanol–water partition coefficient (Wildman–Crippen LogP) is 4.51. The summed E-state index contributed by atoms with van der Waals surface area (Å²) in [6, 6.07) is 20.3. The Hall–Kier alpha value is -2.97. The van der Waals surface area contributed by atoms with Crippen LogP contribution >= 0.6 is 11.8 Å². The Balaban J connectivity index is 1.66. The van der Waals surface area contributed by atoms with Crippen LogP contribution in [-0.2, 0) is 9.84 Å². The zero-order chi connectivity index (χ0) is 21.8. The molecule has 0 atom stereocenters. The van der Waals surface area contributed by atoms with Crippen LogP contribution in [0.3, 0.4) is 0 Å². The minimum Gasteiger partial charge on any atom is -0.268 e. The molecule has 0 fully saturated rings. The molecule has 2 aromatic carbocycles. The van der Waals surface area contributed by atoms with Crippen LogP contribution in [0.2, 0.25) is 0 Å². The number of sulfone groups is 1. The second-order valence-electron chi connectivity index (χ2n) is 7.13. The van der Waals surface area contributed by atoms with Gasteiger partial charge >= 0.3 is 0 Å². The maximum absolute atomic E-state index is 12.6. The SMILES string of the molecule is Cc1ccc(-n2c(SCCS(=O)(=O)c3ccccc3)nnc2-c2ccccn2)c(C)c1. The molecule has 6 nitrogen and oxygen atoms in total. The summed E-state index contributed by atoms with van der Waals surface area (Å²) in [5, 5.41) is 9.38. The summed E-state index contributed by atoms with van der Waals surface area (Å²) in [6.45, 7) is 4.09. The van der Waals surface area contributed by atoms with Gasteiger partial charge in [-0.2, -0.15) is 0 Å². The Kier molecular flexibility index (Phi) is 6.20. The average Bonchev–Trinajstić information content (AvgIpc) is 3.18. The first-order chi connectivity index (χ1) is 15.0. The van der Waals surface area contributed by atoms with Crippen molar-refractivity contribution in [3.05, 3.63) is 84.1 Å². The molecule has 2 aromatic heterocycles. The molecule has 0 radical (unpaired) electrons. The van der Waals surface area contributed by atoms with Gasteiger partial charge in [0.25, 0.3) is 0 Å². The molecule has 0 bridgehead atoms. The van der Waals surface area contributed by atoms with Crippen molar-refractivity contribution in [2.24, 2.45) is 0 Å². The van der Waals surface area contributed by atoms with Gasteiger partial charge in [-0.25, -0.2) is 8.42 Å². The third-order valence-corrected chi connectivity index (χ3v) is 7.73. The van der Waals surface area contributed by atoms with Gasteiger partial charge in [-0.1, -0.05) is 53.7 Å². The van der Waals surface area contributed by atoms with Crippen LogP contribution in [0.1, 0.15) is 11.1 Å². The van der Waals surface area contributed by atoms with Crippen LogP contribution in [0.4, 0.5) is 0 Å². The van der Waals surface area contributed by atoms with Gasteiger partial charge in [0.1, 0.15) is 5.69 Å². The molecule has 2 heterocycles. The van der Waals surface area contributed by atoms with Crippen molar-refractivity contribution < 1.29 is 8.42 Å². The highest BCUT2D eigenvalue weighted by Crippen LogP contribution is 2.29. The Labute approximate surface area is 186 Å². The molecule has 4 aromatic rings. The van der Waals surface area contributed by atoms with E-state index in [-0.39, 0.29) is 5.75 Å². The van der Waals surface area contributed by atoms with Gasteiger partial charge in [0.2, 0.25) is 0 Å². The number of benzene rings is 2. The highest BCUT2D eigenvalue weighted by molar-refractivity contribution is 8.00. The maximum Gasteiger partial charge on any atom is 0.196 e. The highest BCUT2D eigenvalue weighted by atomic mass is 32.2. The zero-order valence-corrected chi connectivity index (χ0v) is 18.9. The normalized spacial score (nSPS) is 11.5. The number of rotatable bonds is 7.